The zero-order valence-corrected chi connectivity index (χ0v) is 11.3. The van der Waals surface area contributed by atoms with Gasteiger partial charge in [0.2, 0.25) is 0 Å². The van der Waals surface area contributed by atoms with E-state index in [9.17, 15) is 10.0 Å². The van der Waals surface area contributed by atoms with Gasteiger partial charge in [-0.15, -0.1) is 0 Å². The van der Waals surface area contributed by atoms with Gasteiger partial charge in [-0.25, -0.2) is 0 Å². The van der Waals surface area contributed by atoms with Crippen LogP contribution < -0.4 is 0 Å². The van der Waals surface area contributed by atoms with Crippen LogP contribution in [0.15, 0.2) is 12.3 Å². The Balaban J connectivity index is 1.65. The summed E-state index contributed by atoms with van der Waals surface area (Å²) in [6.07, 6.45) is 8.94. The topological polar surface area (TPSA) is 43.4 Å². The molecule has 4 aliphatic rings. The minimum absolute atomic E-state index is 0.0532. The van der Waals surface area contributed by atoms with Crippen LogP contribution in [0.5, 0.6) is 0 Å². The van der Waals surface area contributed by atoms with Gasteiger partial charge in [0.25, 0.3) is 0 Å². The minimum Gasteiger partial charge on any atom is -0.633 e. The number of carbonyl (C=O) groups excluding carboxylic acids is 1. The molecule has 0 radical (unpaired) electrons. The van der Waals surface area contributed by atoms with Crippen molar-refractivity contribution in [2.75, 3.05) is 19.6 Å². The summed E-state index contributed by atoms with van der Waals surface area (Å²) < 4.78 is 0.0532. The van der Waals surface area contributed by atoms with Crippen molar-refractivity contribution in [3.8, 4) is 0 Å². The number of ketones is 1. The lowest BCUT2D eigenvalue weighted by atomic mass is 9.71. The van der Waals surface area contributed by atoms with Crippen LogP contribution in [-0.4, -0.2) is 47.0 Å². The van der Waals surface area contributed by atoms with Crippen molar-refractivity contribution >= 4 is 5.78 Å². The molecule has 4 rings (SSSR count). The van der Waals surface area contributed by atoms with Crippen LogP contribution in [0.4, 0.5) is 0 Å². The molecule has 19 heavy (non-hydrogen) atoms. The summed E-state index contributed by atoms with van der Waals surface area (Å²) in [6.45, 7) is 2.56. The quantitative estimate of drug-likeness (QED) is 0.492. The van der Waals surface area contributed by atoms with Gasteiger partial charge in [-0.05, 0) is 25.3 Å². The van der Waals surface area contributed by atoms with Crippen molar-refractivity contribution < 1.29 is 9.44 Å². The summed E-state index contributed by atoms with van der Waals surface area (Å²) in [5.74, 6) is 1.21. The third-order valence-corrected chi connectivity index (χ3v) is 5.86. The Morgan fingerprint density at radius 1 is 1.32 bits per heavy atom. The third-order valence-electron chi connectivity index (χ3n) is 5.86. The molecule has 0 aromatic rings. The Morgan fingerprint density at radius 3 is 3.11 bits per heavy atom. The molecule has 2 bridgehead atoms. The van der Waals surface area contributed by atoms with E-state index in [0.29, 0.717) is 30.3 Å². The highest BCUT2D eigenvalue weighted by atomic mass is 16.5. The number of hydroxylamine groups is 3. The Hall–Kier alpha value is -0.870. The Bertz CT molecular complexity index is 436. The maximum absolute atomic E-state index is 13.1. The predicted octanol–water partition coefficient (Wildman–Crippen LogP) is 1.66. The molecule has 104 valence electrons. The largest absolute Gasteiger partial charge is 0.633 e. The molecule has 0 aromatic carbocycles. The van der Waals surface area contributed by atoms with Gasteiger partial charge in [0.05, 0.1) is 19.1 Å². The maximum Gasteiger partial charge on any atom is 0.159 e. The third kappa shape index (κ3) is 1.77. The van der Waals surface area contributed by atoms with Crippen molar-refractivity contribution in [1.29, 1.82) is 0 Å². The first-order valence-electron chi connectivity index (χ1n) is 7.70. The molecule has 0 spiro atoms. The van der Waals surface area contributed by atoms with Crippen molar-refractivity contribution in [3.63, 3.8) is 0 Å². The van der Waals surface area contributed by atoms with Crippen LogP contribution in [0.2, 0.25) is 0 Å². The van der Waals surface area contributed by atoms with Gasteiger partial charge in [-0.3, -0.25) is 4.79 Å². The Morgan fingerprint density at radius 2 is 2.21 bits per heavy atom. The van der Waals surface area contributed by atoms with E-state index < -0.39 is 0 Å². The van der Waals surface area contributed by atoms with Gasteiger partial charge >= 0.3 is 0 Å². The molecule has 4 heterocycles. The molecule has 0 N–H and O–H groups in total. The fraction of sp³-hybridized carbons (Fsp3) is 0.800. The van der Waals surface area contributed by atoms with E-state index >= 15 is 0 Å². The fourth-order valence-corrected chi connectivity index (χ4v) is 5.06. The van der Waals surface area contributed by atoms with Crippen LogP contribution in [0.3, 0.4) is 0 Å². The van der Waals surface area contributed by atoms with E-state index in [4.69, 9.17) is 0 Å². The van der Waals surface area contributed by atoms with E-state index in [1.807, 2.05) is 6.20 Å². The molecule has 5 atom stereocenters. The van der Waals surface area contributed by atoms with Gasteiger partial charge in [-0.1, -0.05) is 0 Å². The molecule has 0 amide bonds. The monoisotopic (exact) mass is 262 g/mol. The Labute approximate surface area is 114 Å². The zero-order chi connectivity index (χ0) is 13.0. The summed E-state index contributed by atoms with van der Waals surface area (Å²) in [5.41, 5.74) is 0. The van der Waals surface area contributed by atoms with Crippen molar-refractivity contribution in [2.24, 2.45) is 11.8 Å². The summed E-state index contributed by atoms with van der Waals surface area (Å²) in [7, 11) is 0. The zero-order valence-electron chi connectivity index (χ0n) is 11.3. The van der Waals surface area contributed by atoms with Gasteiger partial charge < -0.3 is 14.8 Å². The van der Waals surface area contributed by atoms with E-state index in [2.05, 4.69) is 4.90 Å². The average Bonchev–Trinajstić information content (AvgIpc) is 2.39. The second-order valence-corrected chi connectivity index (χ2v) is 6.93. The lowest BCUT2D eigenvalue weighted by Crippen LogP contribution is -2.68. The predicted molar refractivity (Wildman–Crippen MR) is 71.9 cm³/mol. The first-order valence-corrected chi connectivity index (χ1v) is 7.70. The molecule has 0 unspecified atom stereocenters. The van der Waals surface area contributed by atoms with Crippen LogP contribution in [0, 0.1) is 17.0 Å². The van der Waals surface area contributed by atoms with Crippen LogP contribution >= 0.6 is 0 Å². The number of nitrogens with zero attached hydrogens (tertiary/aromatic N) is 2. The standard InChI is InChI=1S/C15H22N2O2/c18-13-4-5-16-9-11-7-12(14(16)8-13)10-17(19)6-2-1-3-15(11)17/h4-5,11-12,14-15H,1-3,6-10H2/t11-,12-,14+,15-,17+/m0/s1. The van der Waals surface area contributed by atoms with Gasteiger partial charge in [0, 0.05) is 43.5 Å². The first kappa shape index (κ1) is 11.9. The highest BCUT2D eigenvalue weighted by Crippen LogP contribution is 2.45. The number of fused-ring (bicyclic) bond motifs is 6. The lowest BCUT2D eigenvalue weighted by Gasteiger charge is -2.63. The molecule has 3 fully saturated rings. The summed E-state index contributed by atoms with van der Waals surface area (Å²) >= 11 is 0. The smallest absolute Gasteiger partial charge is 0.159 e. The second kappa shape index (κ2) is 4.06. The number of hydrogen-bond donors (Lipinski definition) is 0. The lowest BCUT2D eigenvalue weighted by molar-refractivity contribution is -0.925. The number of carbonyl (C=O) groups is 1. The minimum atomic E-state index is 0.0532. The highest BCUT2D eigenvalue weighted by Gasteiger charge is 2.51. The van der Waals surface area contributed by atoms with Crippen molar-refractivity contribution in [3.05, 3.63) is 17.5 Å². The molecule has 0 aromatic heterocycles. The van der Waals surface area contributed by atoms with E-state index in [1.165, 1.54) is 12.8 Å². The molecule has 4 aliphatic heterocycles. The van der Waals surface area contributed by atoms with Crippen LogP contribution in [0.25, 0.3) is 0 Å². The molecule has 3 saturated heterocycles. The van der Waals surface area contributed by atoms with Crippen LogP contribution in [0.1, 0.15) is 32.1 Å². The van der Waals surface area contributed by atoms with E-state index in [0.717, 1.165) is 32.5 Å². The van der Waals surface area contributed by atoms with Gasteiger partial charge in [-0.2, -0.15) is 0 Å². The normalized spacial score (nSPS) is 48.7. The van der Waals surface area contributed by atoms with Crippen molar-refractivity contribution in [2.45, 2.75) is 44.2 Å². The fourth-order valence-electron chi connectivity index (χ4n) is 5.06. The number of hydrogen-bond acceptors (Lipinski definition) is 3. The average molecular weight is 262 g/mol. The summed E-state index contributed by atoms with van der Waals surface area (Å²) in [6, 6.07) is 0.637. The van der Waals surface area contributed by atoms with Gasteiger partial charge in [0.15, 0.2) is 5.78 Å². The molecule has 0 aliphatic carbocycles. The highest BCUT2D eigenvalue weighted by molar-refractivity contribution is 5.90. The first-order chi connectivity index (χ1) is 9.16. The van der Waals surface area contributed by atoms with E-state index in [-0.39, 0.29) is 10.4 Å². The van der Waals surface area contributed by atoms with Crippen molar-refractivity contribution in [1.82, 2.24) is 4.90 Å². The van der Waals surface area contributed by atoms with E-state index in [1.54, 1.807) is 6.08 Å². The summed E-state index contributed by atoms with van der Waals surface area (Å²) in [5, 5.41) is 13.1. The number of quaternary nitrogens is 1. The molecule has 4 heteroatoms. The van der Waals surface area contributed by atoms with Crippen LogP contribution in [-0.2, 0) is 4.79 Å². The number of piperidine rings is 3. The number of rotatable bonds is 0. The second-order valence-electron chi connectivity index (χ2n) is 6.93. The number of allylic oxidation sites excluding steroid dienone is 1. The maximum atomic E-state index is 13.1. The SMILES string of the molecule is O=C1C=CN2C[C@@H]3C[C@@H](C[N@+]4([O-])CCCC[C@@H]34)[C@H]2C1. The summed E-state index contributed by atoms with van der Waals surface area (Å²) in [4.78, 5) is 14.0. The molecular formula is C15H22N2O2. The molecular weight excluding hydrogens is 240 g/mol. The Kier molecular flexibility index (Phi) is 2.55. The molecule has 0 saturated carbocycles. The molecule has 4 nitrogen and oxygen atoms in total. The van der Waals surface area contributed by atoms with Gasteiger partial charge in [0.1, 0.15) is 0 Å².